The summed E-state index contributed by atoms with van der Waals surface area (Å²) in [5.41, 5.74) is 6.25. The monoisotopic (exact) mass is 234 g/mol. The Morgan fingerprint density at radius 1 is 1.47 bits per heavy atom. The smallest absolute Gasteiger partial charge is 0.325 e. The molecule has 5 nitrogen and oxygen atoms in total. The zero-order valence-electron chi connectivity index (χ0n) is 9.98. The van der Waals surface area contributed by atoms with Gasteiger partial charge in [-0.3, -0.25) is 9.59 Å². The number of anilines is 2. The first-order valence-corrected chi connectivity index (χ1v) is 5.19. The molecule has 1 aliphatic heterocycles. The van der Waals surface area contributed by atoms with Gasteiger partial charge < -0.3 is 15.4 Å². The normalized spacial score (nSPS) is 22.5. The number of rotatable bonds is 1. The molecule has 2 rings (SSSR count). The van der Waals surface area contributed by atoms with Crippen LogP contribution in [-0.4, -0.2) is 26.0 Å². The first kappa shape index (κ1) is 11.4. The van der Waals surface area contributed by atoms with E-state index in [9.17, 15) is 9.59 Å². The molecule has 0 aromatic heterocycles. The lowest BCUT2D eigenvalue weighted by atomic mass is 9.84. The topological polar surface area (TPSA) is 72.6 Å². The number of nitrogens with two attached hydrogens (primary N) is 1. The van der Waals surface area contributed by atoms with Crippen molar-refractivity contribution in [3.63, 3.8) is 0 Å². The Kier molecular flexibility index (Phi) is 2.34. The molecule has 0 saturated heterocycles. The van der Waals surface area contributed by atoms with Crippen molar-refractivity contribution in [2.75, 3.05) is 24.8 Å². The first-order chi connectivity index (χ1) is 7.92. The number of nitrogen functional groups attached to an aromatic ring is 1. The average molecular weight is 234 g/mol. The van der Waals surface area contributed by atoms with Crippen molar-refractivity contribution in [3.05, 3.63) is 23.8 Å². The number of hydrogen-bond donors (Lipinski definition) is 1. The minimum atomic E-state index is -1.27. The number of ether oxygens (including phenoxy) is 1. The number of benzene rings is 1. The van der Waals surface area contributed by atoms with Gasteiger partial charge in [0.05, 0.1) is 12.8 Å². The van der Waals surface area contributed by atoms with Gasteiger partial charge in [-0.1, -0.05) is 6.07 Å². The van der Waals surface area contributed by atoms with Crippen LogP contribution in [-0.2, 0) is 19.7 Å². The van der Waals surface area contributed by atoms with Gasteiger partial charge in [-0.15, -0.1) is 0 Å². The lowest BCUT2D eigenvalue weighted by Crippen LogP contribution is -2.43. The lowest BCUT2D eigenvalue weighted by molar-refractivity contribution is -0.150. The predicted molar refractivity (Wildman–Crippen MR) is 63.6 cm³/mol. The molecule has 5 heteroatoms. The van der Waals surface area contributed by atoms with Crippen LogP contribution in [0.4, 0.5) is 11.4 Å². The number of esters is 1. The van der Waals surface area contributed by atoms with Crippen molar-refractivity contribution in [1.82, 2.24) is 0 Å². The quantitative estimate of drug-likeness (QED) is 0.440. The molecule has 1 heterocycles. The van der Waals surface area contributed by atoms with E-state index in [0.29, 0.717) is 16.9 Å². The van der Waals surface area contributed by atoms with Crippen LogP contribution in [0.15, 0.2) is 18.2 Å². The van der Waals surface area contributed by atoms with Crippen molar-refractivity contribution >= 4 is 23.3 Å². The van der Waals surface area contributed by atoms with Crippen molar-refractivity contribution < 1.29 is 14.3 Å². The van der Waals surface area contributed by atoms with E-state index in [1.807, 2.05) is 0 Å². The molecule has 17 heavy (non-hydrogen) atoms. The zero-order chi connectivity index (χ0) is 12.8. The molecule has 1 aliphatic rings. The van der Waals surface area contributed by atoms with Gasteiger partial charge in [0.25, 0.3) is 0 Å². The summed E-state index contributed by atoms with van der Waals surface area (Å²) in [4.78, 5) is 25.5. The van der Waals surface area contributed by atoms with Crippen LogP contribution in [0.3, 0.4) is 0 Å². The highest BCUT2D eigenvalue weighted by Gasteiger charge is 2.52. The molecule has 0 unspecified atom stereocenters. The molecule has 1 aromatic rings. The van der Waals surface area contributed by atoms with E-state index in [0.717, 1.165) is 0 Å². The summed E-state index contributed by atoms with van der Waals surface area (Å²) in [6, 6.07) is 5.05. The van der Waals surface area contributed by atoms with Crippen LogP contribution in [0.2, 0.25) is 0 Å². The number of carbonyl (C=O) groups excluding carboxylic acids is 2. The Hall–Kier alpha value is -2.04. The Balaban J connectivity index is 2.67. The fraction of sp³-hybridized carbons (Fsp3) is 0.333. The van der Waals surface area contributed by atoms with Crippen molar-refractivity contribution in [2.24, 2.45) is 0 Å². The second-order valence-corrected chi connectivity index (χ2v) is 4.26. The molecular formula is C12H14N2O3. The Labute approximate surface area is 99.2 Å². The highest BCUT2D eigenvalue weighted by molar-refractivity contribution is 6.20. The number of nitrogens with zero attached hydrogens (tertiary/aromatic N) is 1. The number of amides is 1. The van der Waals surface area contributed by atoms with E-state index in [1.54, 1.807) is 32.2 Å². The molecule has 0 fully saturated rings. The van der Waals surface area contributed by atoms with Gasteiger partial charge in [0.1, 0.15) is 0 Å². The standard InChI is InChI=1S/C12H14N2O3/c1-12(11(16)17-3)8-5-4-7(13)6-9(8)14(2)10(12)15/h4-6H,13H2,1-3H3/t12-/m0/s1. The predicted octanol–water partition coefficient (Wildman–Crippen LogP) is 0.676. The van der Waals surface area contributed by atoms with E-state index in [-0.39, 0.29) is 5.91 Å². The van der Waals surface area contributed by atoms with Crippen LogP contribution in [0, 0.1) is 0 Å². The fourth-order valence-electron chi connectivity index (χ4n) is 2.21. The maximum absolute atomic E-state index is 12.2. The summed E-state index contributed by atoms with van der Waals surface area (Å²) in [5.74, 6) is -0.858. The van der Waals surface area contributed by atoms with Gasteiger partial charge in [0, 0.05) is 18.3 Å². The van der Waals surface area contributed by atoms with Gasteiger partial charge in [0.15, 0.2) is 5.41 Å². The second kappa shape index (κ2) is 3.48. The highest BCUT2D eigenvalue weighted by Crippen LogP contribution is 2.42. The Morgan fingerprint density at radius 3 is 2.71 bits per heavy atom. The third-order valence-electron chi connectivity index (χ3n) is 3.25. The molecule has 1 aromatic carbocycles. The molecule has 0 spiro atoms. The lowest BCUT2D eigenvalue weighted by Gasteiger charge is -2.19. The van der Waals surface area contributed by atoms with Crippen molar-refractivity contribution in [1.29, 1.82) is 0 Å². The third kappa shape index (κ3) is 1.32. The number of hydrogen-bond acceptors (Lipinski definition) is 4. The van der Waals surface area contributed by atoms with Crippen molar-refractivity contribution in [3.8, 4) is 0 Å². The molecule has 1 atom stereocenters. The summed E-state index contributed by atoms with van der Waals surface area (Å²) in [6.45, 7) is 1.57. The van der Waals surface area contributed by atoms with Gasteiger partial charge in [0.2, 0.25) is 5.91 Å². The van der Waals surface area contributed by atoms with Crippen LogP contribution in [0.25, 0.3) is 0 Å². The van der Waals surface area contributed by atoms with Gasteiger partial charge in [-0.2, -0.15) is 0 Å². The van der Waals surface area contributed by atoms with E-state index < -0.39 is 11.4 Å². The number of methoxy groups -OCH3 is 1. The molecule has 0 bridgehead atoms. The zero-order valence-corrected chi connectivity index (χ0v) is 9.98. The summed E-state index contributed by atoms with van der Waals surface area (Å²) >= 11 is 0. The second-order valence-electron chi connectivity index (χ2n) is 4.26. The van der Waals surface area contributed by atoms with Crippen molar-refractivity contribution in [2.45, 2.75) is 12.3 Å². The van der Waals surface area contributed by atoms with E-state index in [1.165, 1.54) is 12.0 Å². The molecule has 0 saturated carbocycles. The molecule has 1 amide bonds. The fourth-order valence-corrected chi connectivity index (χ4v) is 2.21. The van der Waals surface area contributed by atoms with Crippen LogP contribution < -0.4 is 10.6 Å². The Bertz CT molecular complexity index is 512. The van der Waals surface area contributed by atoms with Gasteiger partial charge in [-0.25, -0.2) is 0 Å². The largest absolute Gasteiger partial charge is 0.468 e. The maximum Gasteiger partial charge on any atom is 0.325 e. The van der Waals surface area contributed by atoms with Crippen LogP contribution in [0.1, 0.15) is 12.5 Å². The molecule has 2 N–H and O–H groups in total. The van der Waals surface area contributed by atoms with Gasteiger partial charge >= 0.3 is 5.97 Å². The summed E-state index contributed by atoms with van der Waals surface area (Å²) in [6.07, 6.45) is 0. The van der Waals surface area contributed by atoms with Crippen LogP contribution in [0.5, 0.6) is 0 Å². The number of likely N-dealkylation sites (N-methyl/N-ethyl adjacent to an activating group) is 1. The maximum atomic E-state index is 12.2. The minimum absolute atomic E-state index is 0.301. The molecule has 90 valence electrons. The van der Waals surface area contributed by atoms with E-state index in [4.69, 9.17) is 10.5 Å². The van der Waals surface area contributed by atoms with Gasteiger partial charge in [-0.05, 0) is 19.1 Å². The average Bonchev–Trinajstić information content (AvgIpc) is 2.51. The summed E-state index contributed by atoms with van der Waals surface area (Å²) in [5, 5.41) is 0. The molecule has 0 aliphatic carbocycles. The first-order valence-electron chi connectivity index (χ1n) is 5.19. The third-order valence-corrected chi connectivity index (χ3v) is 3.25. The number of carbonyl (C=O) groups is 2. The minimum Gasteiger partial charge on any atom is -0.468 e. The summed E-state index contributed by atoms with van der Waals surface area (Å²) in [7, 11) is 2.89. The highest BCUT2D eigenvalue weighted by atomic mass is 16.5. The van der Waals surface area contributed by atoms with E-state index >= 15 is 0 Å². The Morgan fingerprint density at radius 2 is 2.12 bits per heavy atom. The SMILES string of the molecule is COC(=O)[C@]1(C)C(=O)N(C)c2cc(N)ccc21. The number of fused-ring (bicyclic) bond motifs is 1. The van der Waals surface area contributed by atoms with E-state index in [2.05, 4.69) is 0 Å². The summed E-state index contributed by atoms with van der Waals surface area (Å²) < 4.78 is 4.73. The van der Waals surface area contributed by atoms with Crippen LogP contribution >= 0.6 is 0 Å². The molecular weight excluding hydrogens is 220 g/mol. The molecule has 0 radical (unpaired) electrons.